The Bertz CT molecular complexity index is 52.0. The van der Waals surface area contributed by atoms with Crippen molar-refractivity contribution in [3.05, 3.63) is 6.08 Å². The van der Waals surface area contributed by atoms with Gasteiger partial charge in [-0.05, 0) is 13.5 Å². The van der Waals surface area contributed by atoms with Gasteiger partial charge in [-0.1, -0.05) is 6.08 Å². The molecule has 0 N–H and O–H groups in total. The second kappa shape index (κ2) is 3.87. The van der Waals surface area contributed by atoms with Gasteiger partial charge in [0.2, 0.25) is 0 Å². The smallest absolute Gasteiger partial charge is 0.0796 e. The Morgan fingerprint density at radius 3 is 2.40 bits per heavy atom. The first kappa shape index (κ1) is 4.87. The van der Waals surface area contributed by atoms with E-state index in [4.69, 9.17) is 0 Å². The molecule has 0 saturated carbocycles. The molecule has 0 aliphatic rings. The van der Waals surface area contributed by atoms with Crippen LogP contribution in [0.1, 0.15) is 6.92 Å². The highest BCUT2D eigenvalue weighted by Crippen LogP contribution is 1.40. The Morgan fingerprint density at radius 1 is 1.80 bits per heavy atom. The molecule has 0 spiro atoms. The monoisotopic (exact) mass is 83.0 g/mol. The summed E-state index contributed by atoms with van der Waals surface area (Å²) in [5.41, 5.74) is 0. The van der Waals surface area contributed by atoms with Crippen LogP contribution in [0.25, 0.3) is 0 Å². The second-order valence-electron chi connectivity index (χ2n) is 0.683. The van der Waals surface area contributed by atoms with Crippen molar-refractivity contribution in [1.29, 1.82) is 0 Å². The molecule has 0 aromatic rings. The molecule has 0 saturated heterocycles. The molecule has 0 nitrogen and oxygen atoms in total. The van der Waals surface area contributed by atoms with Crippen LogP contribution in [0.4, 0.5) is 0 Å². The van der Waals surface area contributed by atoms with Gasteiger partial charge in [-0.3, -0.25) is 0 Å². The summed E-state index contributed by atoms with van der Waals surface area (Å²) in [6.45, 7) is 4.08. The van der Waals surface area contributed by atoms with Crippen LogP contribution in [0, 0.1) is 0 Å². The lowest BCUT2D eigenvalue weighted by atomic mass is 10.8. The molecule has 0 unspecified atom stereocenters. The quantitative estimate of drug-likeness (QED) is 0.378. The van der Waals surface area contributed by atoms with Crippen LogP contribution in [0.15, 0.2) is 6.08 Å². The summed E-state index contributed by atoms with van der Waals surface area (Å²) in [6, 6.07) is 0. The number of hydrogen-bond acceptors (Lipinski definition) is 0. The molecule has 0 aliphatic heterocycles. The lowest BCUT2D eigenvalue weighted by molar-refractivity contribution is 1.84. The molecule has 1 heteroatoms. The van der Waals surface area contributed by atoms with Gasteiger partial charge >= 0.3 is 0 Å². The Morgan fingerprint density at radius 2 is 2.40 bits per heavy atom. The molecular weight excluding hydrogens is 76.1 g/mol. The zero-order valence-electron chi connectivity index (χ0n) is 3.58. The van der Waals surface area contributed by atoms with E-state index >= 15 is 0 Å². The molecule has 0 fully saturated rings. The van der Waals surface area contributed by atoms with E-state index in [9.17, 15) is 0 Å². The van der Waals surface area contributed by atoms with Crippen LogP contribution in [-0.4, -0.2) is 14.5 Å². The van der Waals surface area contributed by atoms with E-state index in [1.54, 1.807) is 0 Å². The predicted octanol–water partition coefficient (Wildman–Crippen LogP) is 0.716. The molecule has 5 heavy (non-hydrogen) atoms. The van der Waals surface area contributed by atoms with E-state index in [2.05, 4.69) is 11.9 Å². The van der Waals surface area contributed by atoms with E-state index in [-0.39, 0.29) is 0 Å². The van der Waals surface area contributed by atoms with Crippen molar-refractivity contribution in [2.24, 2.45) is 0 Å². The largest absolute Gasteiger partial charge is 0.160 e. The fraction of sp³-hybridized carbons (Fsp3) is 0.500. The van der Waals surface area contributed by atoms with Crippen molar-refractivity contribution < 1.29 is 0 Å². The van der Waals surface area contributed by atoms with Gasteiger partial charge in [0.05, 0.1) is 9.13 Å². The highest BCUT2D eigenvalue weighted by atomic mass is 28.2. The highest BCUT2D eigenvalue weighted by molar-refractivity contribution is 6.43. The minimum atomic E-state index is 0.852. The summed E-state index contributed by atoms with van der Waals surface area (Å²) in [5, 5.41) is 3.01. The minimum absolute atomic E-state index is 0.852. The molecule has 0 rings (SSSR count). The van der Waals surface area contributed by atoms with Gasteiger partial charge in [0.15, 0.2) is 0 Å². The maximum atomic E-state index is 3.01. The van der Waals surface area contributed by atoms with Crippen LogP contribution in [-0.2, 0) is 0 Å². The zero-order valence-corrected chi connectivity index (χ0v) is 4.58. The van der Waals surface area contributed by atoms with E-state index < -0.39 is 0 Å². The zero-order chi connectivity index (χ0) is 4.12. The van der Waals surface area contributed by atoms with Crippen molar-refractivity contribution in [3.63, 3.8) is 0 Å². The van der Waals surface area contributed by atoms with E-state index in [1.165, 1.54) is 0 Å². The molecule has 0 amide bonds. The van der Waals surface area contributed by atoms with Crippen LogP contribution in [0.2, 0.25) is 6.55 Å². The molecule has 0 aromatic heterocycles. The maximum absolute atomic E-state index is 3.01. The molecule has 0 aliphatic carbocycles. The number of hydrogen-bond donors (Lipinski definition) is 0. The van der Waals surface area contributed by atoms with E-state index in [1.807, 2.05) is 13.0 Å². The third-order valence-corrected chi connectivity index (χ3v) is 0.866. The van der Waals surface area contributed by atoms with Gasteiger partial charge in [-0.15, -0.1) is 0 Å². The van der Waals surface area contributed by atoms with Crippen molar-refractivity contribution in [2.75, 3.05) is 0 Å². The Hall–Kier alpha value is -0.133. The third-order valence-electron chi connectivity index (χ3n) is 0.289. The van der Waals surface area contributed by atoms with Crippen molar-refractivity contribution >= 4 is 14.5 Å². The molecule has 1 radical (unpaired) electrons. The molecular formula is C4H7Si. The summed E-state index contributed by atoms with van der Waals surface area (Å²) in [4.78, 5) is 0. The minimum Gasteiger partial charge on any atom is -0.160 e. The Kier molecular flexibility index (Phi) is 3.76. The van der Waals surface area contributed by atoms with E-state index in [0.717, 1.165) is 9.13 Å². The lowest BCUT2D eigenvalue weighted by Gasteiger charge is -1.46. The summed E-state index contributed by atoms with van der Waals surface area (Å²) in [5.74, 6) is 0. The first-order valence-corrected chi connectivity index (χ1v) is 3.12. The summed E-state index contributed by atoms with van der Waals surface area (Å²) in [6.07, 6.45) is 1.94. The first-order chi connectivity index (χ1) is 2.41. The lowest BCUT2D eigenvalue weighted by Crippen LogP contribution is -1.55. The van der Waals surface area contributed by atoms with Crippen molar-refractivity contribution in [2.45, 2.75) is 13.5 Å². The van der Waals surface area contributed by atoms with Crippen molar-refractivity contribution in [3.8, 4) is 0 Å². The number of rotatable bonds is 0. The normalized spacial score (nSPS) is 5.20. The van der Waals surface area contributed by atoms with Gasteiger partial charge in [-0.25, -0.2) is 0 Å². The average Bonchev–Trinajstić information content (AvgIpc) is 1.41. The summed E-state index contributed by atoms with van der Waals surface area (Å²) >= 11 is 0. The maximum Gasteiger partial charge on any atom is 0.0796 e. The average molecular weight is 83.2 g/mol. The molecule has 0 atom stereocenters. The van der Waals surface area contributed by atoms with Gasteiger partial charge in [-0.2, -0.15) is 5.33 Å². The van der Waals surface area contributed by atoms with Gasteiger partial charge in [0, 0.05) is 0 Å². The first-order valence-electron chi connectivity index (χ1n) is 1.62. The van der Waals surface area contributed by atoms with Crippen LogP contribution in [0.5, 0.6) is 0 Å². The molecule has 27 valence electrons. The van der Waals surface area contributed by atoms with Crippen LogP contribution >= 0.6 is 0 Å². The second-order valence-corrected chi connectivity index (χ2v) is 1.47. The molecule has 0 aromatic carbocycles. The van der Waals surface area contributed by atoms with E-state index in [0.29, 0.717) is 0 Å². The van der Waals surface area contributed by atoms with Gasteiger partial charge in [0.1, 0.15) is 0 Å². The topological polar surface area (TPSA) is 0 Å². The van der Waals surface area contributed by atoms with Crippen LogP contribution < -0.4 is 0 Å². The fourth-order valence-electron chi connectivity index (χ4n) is 0.144. The standard InChI is InChI=1S/C4H7Si/c1-3-4-5-2/h3H,1-2H3. The van der Waals surface area contributed by atoms with Gasteiger partial charge in [0.25, 0.3) is 0 Å². The Labute approximate surface area is 35.0 Å². The summed E-state index contributed by atoms with van der Waals surface area (Å²) in [7, 11) is 0.852. The Balaban J connectivity index is 3.26. The highest BCUT2D eigenvalue weighted by Gasteiger charge is 1.38. The molecule has 0 heterocycles. The third kappa shape index (κ3) is 3.87. The van der Waals surface area contributed by atoms with Gasteiger partial charge < -0.3 is 0 Å². The van der Waals surface area contributed by atoms with Crippen LogP contribution in [0.3, 0.4) is 0 Å². The SMILES string of the molecule is CC=C=[Si]C. The fourth-order valence-corrected chi connectivity index (χ4v) is 0.433. The molecule has 0 bridgehead atoms. The predicted molar refractivity (Wildman–Crippen MR) is 26.9 cm³/mol. The van der Waals surface area contributed by atoms with Crippen molar-refractivity contribution in [1.82, 2.24) is 0 Å². The summed E-state index contributed by atoms with van der Waals surface area (Å²) < 4.78 is 0. The number of allylic oxidation sites excluding steroid dienone is 1.